The van der Waals surface area contributed by atoms with Gasteiger partial charge in [-0.2, -0.15) is 4.98 Å². The summed E-state index contributed by atoms with van der Waals surface area (Å²) in [5.74, 6) is 2.27. The molecule has 0 saturated carbocycles. The molecule has 160 valence electrons. The van der Waals surface area contributed by atoms with Gasteiger partial charge in [-0.1, -0.05) is 13.0 Å². The van der Waals surface area contributed by atoms with Gasteiger partial charge in [0, 0.05) is 30.9 Å². The molecular weight excluding hydrogens is 410 g/mol. The van der Waals surface area contributed by atoms with Crippen LogP contribution in [0, 0.1) is 6.92 Å². The highest BCUT2D eigenvalue weighted by atomic mass is 16.2. The van der Waals surface area contributed by atoms with Crippen molar-refractivity contribution in [1.82, 2.24) is 34.3 Å². The summed E-state index contributed by atoms with van der Waals surface area (Å²) in [5.41, 5.74) is 1.79. The van der Waals surface area contributed by atoms with E-state index in [4.69, 9.17) is 4.98 Å². The highest BCUT2D eigenvalue weighted by molar-refractivity contribution is 6.18. The zero-order valence-electron chi connectivity index (χ0n) is 17.5. The first kappa shape index (κ1) is 18.6. The molecule has 3 aromatic heterocycles. The number of allylic oxidation sites excluding steroid dienone is 3. The minimum Gasteiger partial charge on any atom is -0.314 e. The summed E-state index contributed by atoms with van der Waals surface area (Å²) in [6, 6.07) is -0.0494. The zero-order valence-corrected chi connectivity index (χ0v) is 17.5. The molecule has 3 aromatic rings. The van der Waals surface area contributed by atoms with Crippen LogP contribution in [0.1, 0.15) is 43.9 Å². The molecule has 0 radical (unpaired) electrons. The largest absolute Gasteiger partial charge is 0.314 e. The van der Waals surface area contributed by atoms with Crippen LogP contribution >= 0.6 is 0 Å². The normalized spacial score (nSPS) is 19.2. The van der Waals surface area contributed by atoms with Crippen molar-refractivity contribution >= 4 is 23.6 Å². The summed E-state index contributed by atoms with van der Waals surface area (Å²) in [6.07, 6.45) is 12.1. The predicted molar refractivity (Wildman–Crippen MR) is 113 cm³/mol. The summed E-state index contributed by atoms with van der Waals surface area (Å²) < 4.78 is 3.55. The Morgan fingerprint density at radius 1 is 1.12 bits per heavy atom. The van der Waals surface area contributed by atoms with Gasteiger partial charge in [0.15, 0.2) is 11.6 Å². The lowest BCUT2D eigenvalue weighted by molar-refractivity contribution is -0.121. The number of hydrogen-bond donors (Lipinski definition) is 0. The Labute approximate surface area is 182 Å². The second kappa shape index (κ2) is 6.67. The molecule has 1 atom stereocenters. The molecule has 0 aromatic carbocycles. The summed E-state index contributed by atoms with van der Waals surface area (Å²) >= 11 is 0. The summed E-state index contributed by atoms with van der Waals surface area (Å²) in [5, 5.41) is 8.71. The van der Waals surface area contributed by atoms with Gasteiger partial charge in [0.25, 0.3) is 0 Å². The number of nitrogens with zero attached hydrogens (tertiary/aromatic N) is 9. The maximum absolute atomic E-state index is 12.3. The second-order valence-corrected chi connectivity index (χ2v) is 7.78. The lowest BCUT2D eigenvalue weighted by atomic mass is 10.0. The topological polar surface area (TPSA) is 115 Å². The third-order valence-corrected chi connectivity index (χ3v) is 5.95. The maximum Gasteiger partial charge on any atom is 0.238 e. The van der Waals surface area contributed by atoms with E-state index in [9.17, 15) is 9.59 Å². The van der Waals surface area contributed by atoms with Crippen LogP contribution in [-0.4, -0.2) is 46.1 Å². The molecule has 5 heterocycles. The van der Waals surface area contributed by atoms with Crippen molar-refractivity contribution in [3.63, 3.8) is 0 Å². The van der Waals surface area contributed by atoms with Crippen LogP contribution in [-0.2, 0) is 9.59 Å². The quantitative estimate of drug-likeness (QED) is 0.578. The molecule has 0 N–H and O–H groups in total. The van der Waals surface area contributed by atoms with E-state index < -0.39 is 0 Å². The highest BCUT2D eigenvalue weighted by Gasteiger charge is 2.38. The molecule has 2 aliphatic heterocycles. The van der Waals surface area contributed by atoms with E-state index in [2.05, 4.69) is 32.0 Å². The van der Waals surface area contributed by atoms with Gasteiger partial charge in [0.05, 0.1) is 12.2 Å². The minimum absolute atomic E-state index is 0.0494. The molecule has 2 amide bonds. The number of hydrogen-bond acceptors (Lipinski definition) is 8. The Morgan fingerprint density at radius 3 is 2.59 bits per heavy atom. The van der Waals surface area contributed by atoms with Gasteiger partial charge in [-0.3, -0.25) is 18.7 Å². The van der Waals surface area contributed by atoms with Crippen molar-refractivity contribution in [1.29, 1.82) is 0 Å². The molecule has 1 saturated heterocycles. The lowest BCUT2D eigenvalue weighted by Gasteiger charge is -2.38. The van der Waals surface area contributed by atoms with Gasteiger partial charge in [-0.15, -0.1) is 10.2 Å². The fourth-order valence-corrected chi connectivity index (χ4v) is 4.39. The van der Waals surface area contributed by atoms with Crippen LogP contribution in [0.3, 0.4) is 0 Å². The molecule has 1 fully saturated rings. The van der Waals surface area contributed by atoms with Gasteiger partial charge >= 0.3 is 0 Å². The van der Waals surface area contributed by atoms with E-state index >= 15 is 0 Å². The number of aryl methyl sites for hydroxylation is 1. The van der Waals surface area contributed by atoms with Crippen LogP contribution in [0.2, 0.25) is 0 Å². The monoisotopic (exact) mass is 429 g/mol. The second-order valence-electron chi connectivity index (χ2n) is 7.78. The standard InChI is InChI=1S/C21H19N9O2/c1-3-14-19-26-25-12(2)28(19)15-11-23-20(24-18(15)29(14)13-5-4-6-13)27-10-9-22-21(27)30-16(31)7-8-17(30)32/h4-6,9-11,14H,3,7-8H2,1-2H3. The number of rotatable bonds is 4. The van der Waals surface area contributed by atoms with Crippen LogP contribution in [0.4, 0.5) is 11.8 Å². The molecule has 0 bridgehead atoms. The Balaban J connectivity index is 1.53. The Hall–Kier alpha value is -4.15. The van der Waals surface area contributed by atoms with Crippen molar-refractivity contribution in [2.75, 3.05) is 9.80 Å². The first-order chi connectivity index (χ1) is 15.6. The van der Waals surface area contributed by atoms with Crippen LogP contribution in [0.15, 0.2) is 42.5 Å². The molecule has 6 rings (SSSR count). The number of imidazole rings is 1. The summed E-state index contributed by atoms with van der Waals surface area (Å²) in [7, 11) is 0. The minimum atomic E-state index is -0.275. The van der Waals surface area contributed by atoms with E-state index in [-0.39, 0.29) is 36.6 Å². The number of carbonyl (C=O) groups excluding carboxylic acids is 2. The fraction of sp³-hybridized carbons (Fsp3) is 0.286. The van der Waals surface area contributed by atoms with Crippen molar-refractivity contribution in [2.24, 2.45) is 0 Å². The number of imide groups is 1. The van der Waals surface area contributed by atoms with E-state index in [0.29, 0.717) is 11.8 Å². The van der Waals surface area contributed by atoms with E-state index in [0.717, 1.165) is 34.4 Å². The lowest BCUT2D eigenvalue weighted by Crippen LogP contribution is -2.36. The molecule has 32 heavy (non-hydrogen) atoms. The first-order valence-electron chi connectivity index (χ1n) is 10.4. The van der Waals surface area contributed by atoms with Gasteiger partial charge < -0.3 is 4.90 Å². The molecule has 11 heteroatoms. The highest BCUT2D eigenvalue weighted by Crippen LogP contribution is 2.42. The third kappa shape index (κ3) is 2.44. The van der Waals surface area contributed by atoms with Gasteiger partial charge in [-0.05, 0) is 25.5 Å². The smallest absolute Gasteiger partial charge is 0.238 e. The number of aromatic nitrogens is 7. The van der Waals surface area contributed by atoms with E-state index in [1.165, 1.54) is 6.20 Å². The van der Waals surface area contributed by atoms with Crippen molar-refractivity contribution in [3.8, 4) is 11.6 Å². The van der Waals surface area contributed by atoms with Crippen LogP contribution in [0.25, 0.3) is 11.6 Å². The SMILES string of the molecule is CCC1c2nnc(C)n2-c2cnc(-n3ccnc3N3C(=O)CCC3=O)nc2N1C1=CC=C1. The Bertz CT molecular complexity index is 1330. The van der Waals surface area contributed by atoms with Crippen LogP contribution in [0.5, 0.6) is 0 Å². The molecule has 11 nitrogen and oxygen atoms in total. The zero-order chi connectivity index (χ0) is 22.0. The molecule has 0 spiro atoms. The van der Waals surface area contributed by atoms with Crippen molar-refractivity contribution in [3.05, 3.63) is 54.2 Å². The van der Waals surface area contributed by atoms with Crippen LogP contribution < -0.4 is 9.80 Å². The van der Waals surface area contributed by atoms with Crippen molar-refractivity contribution < 1.29 is 9.59 Å². The third-order valence-electron chi connectivity index (χ3n) is 5.95. The number of fused-ring (bicyclic) bond motifs is 3. The average Bonchev–Trinajstić information content (AvgIpc) is 3.46. The van der Waals surface area contributed by atoms with Gasteiger partial charge in [-0.25, -0.2) is 14.9 Å². The predicted octanol–water partition coefficient (Wildman–Crippen LogP) is 1.93. The summed E-state index contributed by atoms with van der Waals surface area (Å²) in [4.78, 5) is 41.5. The maximum atomic E-state index is 12.3. The Kier molecular flexibility index (Phi) is 3.88. The van der Waals surface area contributed by atoms with Gasteiger partial charge in [0.1, 0.15) is 11.5 Å². The Morgan fingerprint density at radius 2 is 1.91 bits per heavy atom. The van der Waals surface area contributed by atoms with E-state index in [1.54, 1.807) is 17.0 Å². The average molecular weight is 429 g/mol. The van der Waals surface area contributed by atoms with Gasteiger partial charge in [0.2, 0.25) is 23.7 Å². The molecule has 3 aliphatic rings. The molecule has 1 aliphatic carbocycles. The van der Waals surface area contributed by atoms with Crippen molar-refractivity contribution in [2.45, 2.75) is 39.2 Å². The number of anilines is 2. The molecular formula is C21H19N9O2. The first-order valence-corrected chi connectivity index (χ1v) is 10.4. The fourth-order valence-electron chi connectivity index (χ4n) is 4.39. The summed E-state index contributed by atoms with van der Waals surface area (Å²) in [6.45, 7) is 4.00. The number of carbonyl (C=O) groups is 2. The number of amides is 2. The molecule has 1 unspecified atom stereocenters. The van der Waals surface area contributed by atoms with E-state index in [1.807, 2.05) is 29.7 Å².